The van der Waals surface area contributed by atoms with E-state index < -0.39 is 11.9 Å². The average Bonchev–Trinajstić information content (AvgIpc) is 2.65. The maximum absolute atomic E-state index is 12.0. The van der Waals surface area contributed by atoms with Crippen LogP contribution in [0.2, 0.25) is 5.02 Å². The van der Waals surface area contributed by atoms with Crippen LogP contribution in [0.5, 0.6) is 5.75 Å². The first-order valence-electron chi connectivity index (χ1n) is 8.36. The van der Waals surface area contributed by atoms with E-state index in [1.54, 1.807) is 42.5 Å². The van der Waals surface area contributed by atoms with Crippen LogP contribution in [0.3, 0.4) is 0 Å². The molecule has 2 rings (SSSR count). The van der Waals surface area contributed by atoms with Crippen LogP contribution in [-0.2, 0) is 16.1 Å². The lowest BCUT2D eigenvalue weighted by Gasteiger charge is -2.12. The third-order valence-corrected chi connectivity index (χ3v) is 3.91. The summed E-state index contributed by atoms with van der Waals surface area (Å²) >= 11 is 5.77. The Hall–Kier alpha value is -2.86. The van der Waals surface area contributed by atoms with Gasteiger partial charge in [0.05, 0.1) is 6.61 Å². The van der Waals surface area contributed by atoms with Crippen LogP contribution in [-0.4, -0.2) is 30.8 Å². The number of carbonyl (C=O) groups is 3. The number of nitrogens with one attached hydrogen (secondary N) is 1. The van der Waals surface area contributed by atoms with Gasteiger partial charge >= 0.3 is 5.97 Å². The summed E-state index contributed by atoms with van der Waals surface area (Å²) in [6.07, 6.45) is 0. The SMILES string of the molecule is CCOc1ccc(C(C)=O)cc1COC(=O)CNC(=O)c1ccc(Cl)cc1. The van der Waals surface area contributed by atoms with E-state index in [0.29, 0.717) is 34.1 Å². The zero-order chi connectivity index (χ0) is 19.8. The smallest absolute Gasteiger partial charge is 0.325 e. The zero-order valence-corrected chi connectivity index (χ0v) is 15.8. The van der Waals surface area contributed by atoms with Crippen molar-refractivity contribution in [1.29, 1.82) is 0 Å². The summed E-state index contributed by atoms with van der Waals surface area (Å²) in [6, 6.07) is 11.3. The van der Waals surface area contributed by atoms with Gasteiger partial charge in [-0.15, -0.1) is 0 Å². The standard InChI is InChI=1S/C20H20ClNO5/c1-3-26-18-9-6-15(13(2)23)10-16(18)12-27-19(24)11-22-20(25)14-4-7-17(21)8-5-14/h4-10H,3,11-12H2,1-2H3,(H,22,25). The molecule has 0 aliphatic carbocycles. The van der Waals surface area contributed by atoms with E-state index in [1.807, 2.05) is 6.92 Å². The molecule has 0 saturated carbocycles. The average molecular weight is 390 g/mol. The Labute approximate surface area is 162 Å². The minimum atomic E-state index is -0.604. The molecule has 0 aliphatic heterocycles. The van der Waals surface area contributed by atoms with Crippen LogP contribution in [0.1, 0.15) is 40.1 Å². The highest BCUT2D eigenvalue weighted by Gasteiger charge is 2.12. The normalized spacial score (nSPS) is 10.2. The third-order valence-electron chi connectivity index (χ3n) is 3.66. The Morgan fingerprint density at radius 2 is 1.70 bits per heavy atom. The van der Waals surface area contributed by atoms with Gasteiger partial charge in [-0.05, 0) is 56.3 Å². The first-order chi connectivity index (χ1) is 12.9. The maximum Gasteiger partial charge on any atom is 0.325 e. The van der Waals surface area contributed by atoms with Crippen molar-refractivity contribution in [2.75, 3.05) is 13.2 Å². The summed E-state index contributed by atoms with van der Waals surface area (Å²) in [5.74, 6) is -0.563. The largest absolute Gasteiger partial charge is 0.493 e. The van der Waals surface area contributed by atoms with Crippen LogP contribution in [0.4, 0.5) is 0 Å². The fraction of sp³-hybridized carbons (Fsp3) is 0.250. The lowest BCUT2D eigenvalue weighted by molar-refractivity contribution is -0.143. The first kappa shape index (κ1) is 20.5. The molecule has 0 unspecified atom stereocenters. The lowest BCUT2D eigenvalue weighted by Crippen LogP contribution is -2.30. The van der Waals surface area contributed by atoms with Gasteiger partial charge in [0.1, 0.15) is 18.9 Å². The van der Waals surface area contributed by atoms with Gasteiger partial charge in [0.2, 0.25) is 0 Å². The fourth-order valence-corrected chi connectivity index (χ4v) is 2.40. The number of hydrogen-bond acceptors (Lipinski definition) is 5. The maximum atomic E-state index is 12.0. The molecule has 0 radical (unpaired) electrons. The Kier molecular flexibility index (Phi) is 7.37. The molecule has 0 bridgehead atoms. The molecule has 0 fully saturated rings. The first-order valence-corrected chi connectivity index (χ1v) is 8.74. The van der Waals surface area contributed by atoms with Crippen molar-refractivity contribution in [1.82, 2.24) is 5.32 Å². The van der Waals surface area contributed by atoms with Crippen LogP contribution >= 0.6 is 11.6 Å². The fourth-order valence-electron chi connectivity index (χ4n) is 2.27. The Bertz CT molecular complexity index is 833. The second kappa shape index (κ2) is 9.73. The van der Waals surface area contributed by atoms with Gasteiger partial charge < -0.3 is 14.8 Å². The summed E-state index contributed by atoms with van der Waals surface area (Å²) in [5, 5.41) is 3.00. The van der Waals surface area contributed by atoms with E-state index in [4.69, 9.17) is 21.1 Å². The van der Waals surface area contributed by atoms with E-state index in [9.17, 15) is 14.4 Å². The molecule has 7 heteroatoms. The highest BCUT2D eigenvalue weighted by Crippen LogP contribution is 2.21. The Morgan fingerprint density at radius 3 is 2.33 bits per heavy atom. The molecule has 0 aromatic heterocycles. The molecule has 27 heavy (non-hydrogen) atoms. The molecule has 0 heterocycles. The van der Waals surface area contributed by atoms with Gasteiger partial charge in [-0.1, -0.05) is 11.6 Å². The highest BCUT2D eigenvalue weighted by molar-refractivity contribution is 6.30. The molecule has 0 atom stereocenters. The number of amides is 1. The number of halogens is 1. The third kappa shape index (κ3) is 6.11. The lowest BCUT2D eigenvalue weighted by atomic mass is 10.1. The molecular formula is C20H20ClNO5. The van der Waals surface area contributed by atoms with Crippen molar-refractivity contribution < 1.29 is 23.9 Å². The molecular weight excluding hydrogens is 370 g/mol. The van der Waals surface area contributed by atoms with E-state index in [0.717, 1.165) is 0 Å². The van der Waals surface area contributed by atoms with Crippen molar-refractivity contribution >= 4 is 29.3 Å². The molecule has 0 spiro atoms. The van der Waals surface area contributed by atoms with Crippen molar-refractivity contribution in [3.8, 4) is 5.75 Å². The molecule has 0 saturated heterocycles. The molecule has 1 amide bonds. The molecule has 6 nitrogen and oxygen atoms in total. The van der Waals surface area contributed by atoms with Crippen LogP contribution < -0.4 is 10.1 Å². The molecule has 0 aliphatic rings. The molecule has 2 aromatic carbocycles. The number of ether oxygens (including phenoxy) is 2. The summed E-state index contributed by atoms with van der Waals surface area (Å²) < 4.78 is 10.7. The number of esters is 1. The van der Waals surface area contributed by atoms with Crippen molar-refractivity contribution in [2.45, 2.75) is 20.5 Å². The summed E-state index contributed by atoms with van der Waals surface area (Å²) in [5.41, 5.74) is 1.47. The second-order valence-electron chi connectivity index (χ2n) is 5.66. The van der Waals surface area contributed by atoms with Crippen molar-refractivity contribution in [3.63, 3.8) is 0 Å². The summed E-state index contributed by atoms with van der Waals surface area (Å²) in [7, 11) is 0. The molecule has 1 N–H and O–H groups in total. The summed E-state index contributed by atoms with van der Waals surface area (Å²) in [4.78, 5) is 35.4. The predicted octanol–water partition coefficient (Wildman–Crippen LogP) is 3.41. The van der Waals surface area contributed by atoms with Gasteiger partial charge in [0.15, 0.2) is 5.78 Å². The highest BCUT2D eigenvalue weighted by atomic mass is 35.5. The number of hydrogen-bond donors (Lipinski definition) is 1. The van der Waals surface area contributed by atoms with E-state index >= 15 is 0 Å². The number of benzene rings is 2. The topological polar surface area (TPSA) is 81.7 Å². The number of rotatable bonds is 8. The van der Waals surface area contributed by atoms with E-state index in [1.165, 1.54) is 6.92 Å². The van der Waals surface area contributed by atoms with E-state index in [-0.39, 0.29) is 18.9 Å². The predicted molar refractivity (Wildman–Crippen MR) is 101 cm³/mol. The van der Waals surface area contributed by atoms with Gasteiger partial charge in [-0.25, -0.2) is 0 Å². The second-order valence-corrected chi connectivity index (χ2v) is 6.10. The minimum absolute atomic E-state index is 0.0634. The quantitative estimate of drug-likeness (QED) is 0.552. The molecule has 142 valence electrons. The monoisotopic (exact) mass is 389 g/mol. The van der Waals surface area contributed by atoms with Crippen LogP contribution in [0, 0.1) is 0 Å². The Balaban J connectivity index is 1.92. The van der Waals surface area contributed by atoms with Crippen LogP contribution in [0.15, 0.2) is 42.5 Å². The number of carbonyl (C=O) groups excluding carboxylic acids is 3. The van der Waals surface area contributed by atoms with Crippen molar-refractivity contribution in [2.24, 2.45) is 0 Å². The summed E-state index contributed by atoms with van der Waals surface area (Å²) in [6.45, 7) is 3.39. The Morgan fingerprint density at radius 1 is 1.04 bits per heavy atom. The zero-order valence-electron chi connectivity index (χ0n) is 15.1. The van der Waals surface area contributed by atoms with Gasteiger partial charge in [-0.2, -0.15) is 0 Å². The minimum Gasteiger partial charge on any atom is -0.493 e. The van der Waals surface area contributed by atoms with Gasteiger partial charge in [-0.3, -0.25) is 14.4 Å². The number of Topliss-reactive ketones (excluding diaryl/α,β-unsaturated/α-hetero) is 1. The van der Waals surface area contributed by atoms with E-state index in [2.05, 4.69) is 5.32 Å². The molecule has 2 aromatic rings. The van der Waals surface area contributed by atoms with Gasteiger partial charge in [0, 0.05) is 21.7 Å². The van der Waals surface area contributed by atoms with Crippen LogP contribution in [0.25, 0.3) is 0 Å². The number of ketones is 1. The van der Waals surface area contributed by atoms with Crippen molar-refractivity contribution in [3.05, 3.63) is 64.2 Å². The van der Waals surface area contributed by atoms with Gasteiger partial charge in [0.25, 0.3) is 5.91 Å².